The van der Waals surface area contributed by atoms with Gasteiger partial charge in [-0.15, -0.1) is 0 Å². The number of nitro groups is 1. The fraction of sp³-hybridized carbons (Fsp3) is 0.300. The normalized spacial score (nSPS) is 15.1. The molecule has 0 bridgehead atoms. The third kappa shape index (κ3) is 2.70. The number of rotatable bonds is 3. The Labute approximate surface area is 110 Å². The largest absolute Gasteiger partial charge is 0.486 e. The van der Waals surface area contributed by atoms with Crippen molar-refractivity contribution in [1.82, 2.24) is 4.90 Å². The minimum Gasteiger partial charge on any atom is -0.486 e. The number of carbonyl (C=O) groups is 1. The fourth-order valence-corrected chi connectivity index (χ4v) is 2.04. The van der Waals surface area contributed by atoms with Gasteiger partial charge in [0, 0.05) is 10.5 Å². The molecule has 96 valence electrons. The van der Waals surface area contributed by atoms with E-state index < -0.39 is 11.0 Å². The first-order valence-corrected chi connectivity index (χ1v) is 5.84. The number of nitrogens with zero attached hydrogens (tertiary/aromatic N) is 2. The van der Waals surface area contributed by atoms with Gasteiger partial charge in [-0.25, -0.2) is 4.79 Å². The number of carboxylic acid groups (broad SMARTS) is 1. The molecule has 1 heterocycles. The Morgan fingerprint density at radius 3 is 2.72 bits per heavy atom. The predicted molar refractivity (Wildman–Crippen MR) is 64.8 cm³/mol. The summed E-state index contributed by atoms with van der Waals surface area (Å²) >= 11 is 3.16. The van der Waals surface area contributed by atoms with Crippen molar-refractivity contribution >= 4 is 27.7 Å². The minimum absolute atomic E-state index is 0.0752. The van der Waals surface area contributed by atoms with Crippen LogP contribution in [0.4, 0.5) is 10.5 Å². The summed E-state index contributed by atoms with van der Waals surface area (Å²) in [7, 11) is 0. The van der Waals surface area contributed by atoms with Gasteiger partial charge in [-0.1, -0.05) is 15.9 Å². The molecule has 1 N–H and O–H groups in total. The highest BCUT2D eigenvalue weighted by Gasteiger charge is 2.32. The molecule has 18 heavy (non-hydrogen) atoms. The van der Waals surface area contributed by atoms with Gasteiger partial charge in [-0.2, -0.15) is 0 Å². The smallest absolute Gasteiger partial charge is 0.407 e. The second kappa shape index (κ2) is 4.81. The summed E-state index contributed by atoms with van der Waals surface area (Å²) in [6, 6.07) is 4.29. The molecule has 0 saturated carbocycles. The maximum absolute atomic E-state index is 10.7. The molecule has 8 heteroatoms. The molecule has 0 aliphatic carbocycles. The number of hydrogen-bond acceptors (Lipinski definition) is 4. The van der Waals surface area contributed by atoms with Crippen LogP contribution >= 0.6 is 15.9 Å². The highest BCUT2D eigenvalue weighted by molar-refractivity contribution is 9.10. The van der Waals surface area contributed by atoms with Gasteiger partial charge in [0.15, 0.2) is 0 Å². The molecule has 1 aliphatic heterocycles. The molecule has 1 fully saturated rings. The molecule has 7 nitrogen and oxygen atoms in total. The molecule has 2 rings (SSSR count). The zero-order valence-corrected chi connectivity index (χ0v) is 10.7. The Bertz CT molecular complexity index is 501. The minimum atomic E-state index is -0.991. The zero-order valence-electron chi connectivity index (χ0n) is 9.08. The third-order valence-electron chi connectivity index (χ3n) is 2.49. The van der Waals surface area contributed by atoms with Crippen molar-refractivity contribution in [2.24, 2.45) is 0 Å². The van der Waals surface area contributed by atoms with Gasteiger partial charge in [-0.3, -0.25) is 10.1 Å². The summed E-state index contributed by atoms with van der Waals surface area (Å²) in [6.07, 6.45) is -1.25. The molecular weight excluding hydrogens is 308 g/mol. The second-order valence-corrected chi connectivity index (χ2v) is 4.75. The lowest BCUT2D eigenvalue weighted by Crippen LogP contribution is -2.55. The quantitative estimate of drug-likeness (QED) is 0.681. The monoisotopic (exact) mass is 316 g/mol. The highest BCUT2D eigenvalue weighted by atomic mass is 79.9. The van der Waals surface area contributed by atoms with Crippen LogP contribution in [0.3, 0.4) is 0 Å². The van der Waals surface area contributed by atoms with Crippen molar-refractivity contribution in [2.45, 2.75) is 6.10 Å². The van der Waals surface area contributed by atoms with Crippen molar-refractivity contribution in [1.29, 1.82) is 0 Å². The summed E-state index contributed by atoms with van der Waals surface area (Å²) in [4.78, 5) is 21.9. The first-order chi connectivity index (χ1) is 8.45. The molecule has 0 atom stereocenters. The van der Waals surface area contributed by atoms with Crippen molar-refractivity contribution in [3.8, 4) is 5.75 Å². The Balaban J connectivity index is 2.02. The van der Waals surface area contributed by atoms with E-state index in [0.717, 1.165) is 0 Å². The van der Waals surface area contributed by atoms with E-state index in [9.17, 15) is 14.9 Å². The summed E-state index contributed by atoms with van der Waals surface area (Å²) in [6.45, 7) is 0.547. The molecule has 1 aliphatic rings. The van der Waals surface area contributed by atoms with Crippen LogP contribution in [0, 0.1) is 10.1 Å². The van der Waals surface area contributed by atoms with E-state index in [1.807, 2.05) is 0 Å². The number of benzene rings is 1. The van der Waals surface area contributed by atoms with Crippen LogP contribution in [-0.4, -0.2) is 40.2 Å². The number of ether oxygens (including phenoxy) is 1. The molecule has 1 amide bonds. The molecular formula is C10H9BrN2O5. The average molecular weight is 317 g/mol. The van der Waals surface area contributed by atoms with Crippen LogP contribution in [-0.2, 0) is 0 Å². The van der Waals surface area contributed by atoms with Gasteiger partial charge >= 0.3 is 6.09 Å². The number of hydrogen-bond donors (Lipinski definition) is 1. The predicted octanol–water partition coefficient (Wildman–Crippen LogP) is 2.10. The van der Waals surface area contributed by atoms with E-state index in [2.05, 4.69) is 15.9 Å². The van der Waals surface area contributed by atoms with Gasteiger partial charge < -0.3 is 14.7 Å². The van der Waals surface area contributed by atoms with Crippen molar-refractivity contribution < 1.29 is 19.6 Å². The summed E-state index contributed by atoms with van der Waals surface area (Å²) in [5.74, 6) is 0.353. The van der Waals surface area contributed by atoms with Gasteiger partial charge in [0.25, 0.3) is 5.69 Å². The number of nitro benzene ring substituents is 1. The van der Waals surface area contributed by atoms with E-state index in [0.29, 0.717) is 10.2 Å². The highest BCUT2D eigenvalue weighted by Crippen LogP contribution is 2.28. The van der Waals surface area contributed by atoms with E-state index in [4.69, 9.17) is 9.84 Å². The molecule has 0 spiro atoms. The van der Waals surface area contributed by atoms with Crippen LogP contribution in [0.1, 0.15) is 0 Å². The molecule has 1 saturated heterocycles. The molecule has 1 aromatic rings. The van der Waals surface area contributed by atoms with Gasteiger partial charge in [-0.05, 0) is 6.07 Å². The van der Waals surface area contributed by atoms with Gasteiger partial charge in [0.2, 0.25) is 0 Å². The lowest BCUT2D eigenvalue weighted by molar-refractivity contribution is -0.385. The lowest BCUT2D eigenvalue weighted by atomic mass is 10.2. The van der Waals surface area contributed by atoms with E-state index >= 15 is 0 Å². The number of halogens is 1. The van der Waals surface area contributed by atoms with Crippen LogP contribution < -0.4 is 4.74 Å². The molecule has 0 radical (unpaired) electrons. The summed E-state index contributed by atoms with van der Waals surface area (Å²) < 4.78 is 6.01. The maximum atomic E-state index is 10.7. The zero-order chi connectivity index (χ0) is 13.3. The van der Waals surface area contributed by atoms with E-state index in [1.165, 1.54) is 17.0 Å². The average Bonchev–Trinajstić information content (AvgIpc) is 2.21. The van der Waals surface area contributed by atoms with Gasteiger partial charge in [0.05, 0.1) is 24.1 Å². The van der Waals surface area contributed by atoms with Crippen LogP contribution in [0.25, 0.3) is 0 Å². The molecule has 0 aromatic heterocycles. The first-order valence-electron chi connectivity index (χ1n) is 5.05. The Kier molecular flexibility index (Phi) is 3.37. The van der Waals surface area contributed by atoms with Crippen LogP contribution in [0.2, 0.25) is 0 Å². The van der Waals surface area contributed by atoms with Crippen molar-refractivity contribution in [3.05, 3.63) is 32.8 Å². The van der Waals surface area contributed by atoms with Crippen LogP contribution in [0.15, 0.2) is 22.7 Å². The molecule has 0 unspecified atom stereocenters. The molecule has 1 aromatic carbocycles. The van der Waals surface area contributed by atoms with E-state index in [-0.39, 0.29) is 24.9 Å². The lowest BCUT2D eigenvalue weighted by Gasteiger charge is -2.36. The van der Waals surface area contributed by atoms with Crippen molar-refractivity contribution in [2.75, 3.05) is 13.1 Å². The van der Waals surface area contributed by atoms with Crippen LogP contribution in [0.5, 0.6) is 5.75 Å². The number of amides is 1. The SMILES string of the molecule is O=C(O)N1CC(Oc2cc(Br)cc([N+](=O)[O-])c2)C1. The van der Waals surface area contributed by atoms with Gasteiger partial charge in [0.1, 0.15) is 11.9 Å². The topological polar surface area (TPSA) is 92.9 Å². The summed E-state index contributed by atoms with van der Waals surface area (Å²) in [5, 5.41) is 19.3. The fourth-order valence-electron chi connectivity index (χ4n) is 1.58. The summed E-state index contributed by atoms with van der Waals surface area (Å²) in [5.41, 5.74) is -0.0752. The Morgan fingerprint density at radius 2 is 2.17 bits per heavy atom. The number of likely N-dealkylation sites (tertiary alicyclic amines) is 1. The maximum Gasteiger partial charge on any atom is 0.407 e. The first kappa shape index (κ1) is 12.6. The van der Waals surface area contributed by atoms with Crippen molar-refractivity contribution in [3.63, 3.8) is 0 Å². The standard InChI is InChI=1S/C10H9BrN2O5/c11-6-1-7(13(16)17)3-8(2-6)18-9-4-12(5-9)10(14)15/h1-3,9H,4-5H2,(H,14,15). The Morgan fingerprint density at radius 1 is 1.50 bits per heavy atom. The second-order valence-electron chi connectivity index (χ2n) is 3.83. The number of non-ortho nitro benzene ring substituents is 1. The van der Waals surface area contributed by atoms with E-state index in [1.54, 1.807) is 6.07 Å². The Hall–Kier alpha value is -1.83. The third-order valence-corrected chi connectivity index (χ3v) is 2.95.